The lowest BCUT2D eigenvalue weighted by atomic mass is 10.2. The largest absolute Gasteiger partial charge is 0.486 e. The van der Waals surface area contributed by atoms with Crippen molar-refractivity contribution in [3.05, 3.63) is 29.0 Å². The third kappa shape index (κ3) is 2.22. The first kappa shape index (κ1) is 11.8. The lowest BCUT2D eigenvalue weighted by Crippen LogP contribution is -2.14. The van der Waals surface area contributed by atoms with Gasteiger partial charge in [-0.3, -0.25) is 4.79 Å². The van der Waals surface area contributed by atoms with Gasteiger partial charge in [0.05, 0.1) is 11.5 Å². The quantitative estimate of drug-likeness (QED) is 0.915. The van der Waals surface area contributed by atoms with E-state index in [1.54, 1.807) is 18.2 Å². The first-order valence-electron chi connectivity index (χ1n) is 5.17. The third-order valence-corrected chi connectivity index (χ3v) is 2.42. The first-order valence-corrected chi connectivity index (χ1v) is 5.55. The number of fused-ring (bicyclic) bond motifs is 1. The van der Waals surface area contributed by atoms with Gasteiger partial charge < -0.3 is 14.9 Å². The molecule has 0 spiro atoms. The van der Waals surface area contributed by atoms with Crippen LogP contribution in [0, 0.1) is 0 Å². The van der Waals surface area contributed by atoms with E-state index in [1.165, 1.54) is 0 Å². The summed E-state index contributed by atoms with van der Waals surface area (Å²) in [6, 6.07) is 5.04. The molecule has 0 radical (unpaired) electrons. The zero-order valence-corrected chi connectivity index (χ0v) is 10.2. The highest BCUT2D eigenvalue weighted by molar-refractivity contribution is 6.31. The van der Waals surface area contributed by atoms with Gasteiger partial charge in [0.25, 0.3) is 5.91 Å². The predicted molar refractivity (Wildman–Crippen MR) is 65.5 cm³/mol. The normalized spacial score (nSPS) is 11.1. The molecule has 90 valence electrons. The van der Waals surface area contributed by atoms with E-state index in [0.717, 1.165) is 0 Å². The first-order chi connectivity index (χ1) is 7.99. The average molecular weight is 254 g/mol. The summed E-state index contributed by atoms with van der Waals surface area (Å²) in [5, 5.41) is 1.20. The highest BCUT2D eigenvalue weighted by Gasteiger charge is 2.21. The van der Waals surface area contributed by atoms with Gasteiger partial charge in [0.15, 0.2) is 5.75 Å². The van der Waals surface area contributed by atoms with Crippen molar-refractivity contribution in [3.63, 3.8) is 0 Å². The molecule has 0 saturated heterocycles. The van der Waals surface area contributed by atoms with E-state index in [0.29, 0.717) is 21.7 Å². The average Bonchev–Trinajstić information content (AvgIpc) is 2.56. The van der Waals surface area contributed by atoms with Crippen molar-refractivity contribution in [2.24, 2.45) is 5.73 Å². The molecule has 0 atom stereocenters. The van der Waals surface area contributed by atoms with Gasteiger partial charge in [0.2, 0.25) is 5.76 Å². The molecule has 17 heavy (non-hydrogen) atoms. The maximum absolute atomic E-state index is 11.3. The van der Waals surface area contributed by atoms with Crippen molar-refractivity contribution in [2.75, 3.05) is 0 Å². The van der Waals surface area contributed by atoms with E-state index in [4.69, 9.17) is 26.5 Å². The van der Waals surface area contributed by atoms with Crippen LogP contribution < -0.4 is 10.5 Å². The number of carbonyl (C=O) groups excluding carboxylic acids is 1. The van der Waals surface area contributed by atoms with Crippen molar-refractivity contribution in [1.29, 1.82) is 0 Å². The highest BCUT2D eigenvalue weighted by atomic mass is 35.5. The number of rotatable bonds is 3. The molecule has 2 aromatic rings. The van der Waals surface area contributed by atoms with Gasteiger partial charge in [0, 0.05) is 5.02 Å². The van der Waals surface area contributed by atoms with Crippen LogP contribution in [0.1, 0.15) is 24.4 Å². The summed E-state index contributed by atoms with van der Waals surface area (Å²) in [6.07, 6.45) is -0.0899. The Morgan fingerprint density at radius 1 is 1.47 bits per heavy atom. The monoisotopic (exact) mass is 253 g/mol. The van der Waals surface area contributed by atoms with E-state index < -0.39 is 5.91 Å². The number of primary amides is 1. The van der Waals surface area contributed by atoms with Gasteiger partial charge in [-0.15, -0.1) is 0 Å². The van der Waals surface area contributed by atoms with Crippen LogP contribution in [0.4, 0.5) is 0 Å². The molecule has 1 aromatic carbocycles. The Labute approximate surface area is 103 Å². The molecule has 4 nitrogen and oxygen atoms in total. The fourth-order valence-electron chi connectivity index (χ4n) is 1.56. The maximum atomic E-state index is 11.3. The molecule has 0 aliphatic carbocycles. The smallest absolute Gasteiger partial charge is 0.288 e. The fourth-order valence-corrected chi connectivity index (χ4v) is 1.73. The summed E-state index contributed by atoms with van der Waals surface area (Å²) in [4.78, 5) is 11.3. The number of benzene rings is 1. The topological polar surface area (TPSA) is 65.5 Å². The van der Waals surface area contributed by atoms with Crippen LogP contribution >= 0.6 is 11.6 Å². The van der Waals surface area contributed by atoms with Crippen molar-refractivity contribution in [1.82, 2.24) is 0 Å². The second kappa shape index (κ2) is 4.30. The number of hydrogen-bond acceptors (Lipinski definition) is 3. The summed E-state index contributed by atoms with van der Waals surface area (Å²) < 4.78 is 10.9. The van der Waals surface area contributed by atoms with Gasteiger partial charge in [-0.1, -0.05) is 11.6 Å². The molecule has 0 saturated carbocycles. The van der Waals surface area contributed by atoms with Crippen LogP contribution in [0.5, 0.6) is 5.75 Å². The summed E-state index contributed by atoms with van der Waals surface area (Å²) in [5.74, 6) is -0.283. The number of furan rings is 1. The SMILES string of the molecule is CC(C)Oc1c(C(N)=O)oc2ccc(Cl)cc12. The van der Waals surface area contributed by atoms with Gasteiger partial charge in [-0.25, -0.2) is 0 Å². The Morgan fingerprint density at radius 3 is 2.76 bits per heavy atom. The Hall–Kier alpha value is -1.68. The van der Waals surface area contributed by atoms with Crippen molar-refractivity contribution >= 4 is 28.5 Å². The van der Waals surface area contributed by atoms with Crippen LogP contribution in [0.2, 0.25) is 5.02 Å². The van der Waals surface area contributed by atoms with E-state index in [2.05, 4.69) is 0 Å². The molecule has 0 unspecified atom stereocenters. The number of nitrogens with two attached hydrogens (primary N) is 1. The van der Waals surface area contributed by atoms with E-state index >= 15 is 0 Å². The van der Waals surface area contributed by atoms with Crippen LogP contribution in [0.15, 0.2) is 22.6 Å². The second-order valence-corrected chi connectivity index (χ2v) is 4.37. The van der Waals surface area contributed by atoms with Crippen molar-refractivity contribution in [2.45, 2.75) is 20.0 Å². The van der Waals surface area contributed by atoms with Gasteiger partial charge >= 0.3 is 0 Å². The number of amides is 1. The Bertz CT molecular complexity index is 574. The molecule has 2 N–H and O–H groups in total. The Kier molecular flexibility index (Phi) is 2.98. The number of halogens is 1. The van der Waals surface area contributed by atoms with Gasteiger partial charge in [-0.2, -0.15) is 0 Å². The van der Waals surface area contributed by atoms with Gasteiger partial charge in [-0.05, 0) is 32.0 Å². The number of ether oxygens (including phenoxy) is 1. The van der Waals surface area contributed by atoms with E-state index in [1.807, 2.05) is 13.8 Å². The lowest BCUT2D eigenvalue weighted by molar-refractivity contribution is 0.0968. The predicted octanol–water partition coefficient (Wildman–Crippen LogP) is 2.97. The minimum Gasteiger partial charge on any atom is -0.486 e. The Morgan fingerprint density at radius 2 is 2.18 bits per heavy atom. The van der Waals surface area contributed by atoms with Crippen LogP contribution in [0.25, 0.3) is 11.0 Å². The second-order valence-electron chi connectivity index (χ2n) is 3.93. The molecule has 1 aromatic heterocycles. The van der Waals surface area contributed by atoms with Crippen molar-refractivity contribution in [3.8, 4) is 5.75 Å². The molecule has 1 heterocycles. The number of carbonyl (C=O) groups is 1. The fraction of sp³-hybridized carbons (Fsp3) is 0.250. The summed E-state index contributed by atoms with van der Waals surface area (Å²) in [7, 11) is 0. The minimum absolute atomic E-state index is 0.0240. The molecule has 0 fully saturated rings. The minimum atomic E-state index is -0.659. The third-order valence-electron chi connectivity index (χ3n) is 2.18. The maximum Gasteiger partial charge on any atom is 0.288 e. The molecular weight excluding hydrogens is 242 g/mol. The van der Waals surface area contributed by atoms with Crippen molar-refractivity contribution < 1.29 is 13.9 Å². The van der Waals surface area contributed by atoms with Crippen LogP contribution in [-0.2, 0) is 0 Å². The standard InChI is InChI=1S/C12H12ClNO3/c1-6(2)16-10-8-5-7(13)3-4-9(8)17-11(10)12(14)15/h3-6H,1-2H3,(H2,14,15). The van der Waals surface area contributed by atoms with Crippen LogP contribution in [0.3, 0.4) is 0 Å². The summed E-state index contributed by atoms with van der Waals surface area (Å²) >= 11 is 5.90. The molecule has 2 rings (SSSR count). The van der Waals surface area contributed by atoms with E-state index in [9.17, 15) is 4.79 Å². The molecular formula is C12H12ClNO3. The zero-order valence-electron chi connectivity index (χ0n) is 9.49. The highest BCUT2D eigenvalue weighted by Crippen LogP contribution is 2.35. The zero-order chi connectivity index (χ0) is 12.6. The summed E-state index contributed by atoms with van der Waals surface area (Å²) in [5.41, 5.74) is 5.77. The van der Waals surface area contributed by atoms with Gasteiger partial charge in [0.1, 0.15) is 5.58 Å². The number of hydrogen-bond donors (Lipinski definition) is 1. The van der Waals surface area contributed by atoms with E-state index in [-0.39, 0.29) is 11.9 Å². The lowest BCUT2D eigenvalue weighted by Gasteiger charge is -2.08. The molecule has 0 aliphatic rings. The Balaban J connectivity index is 2.68. The molecule has 5 heteroatoms. The van der Waals surface area contributed by atoms with Crippen LogP contribution in [-0.4, -0.2) is 12.0 Å². The molecule has 0 aliphatic heterocycles. The molecule has 0 bridgehead atoms. The molecule has 1 amide bonds. The summed E-state index contributed by atoms with van der Waals surface area (Å²) in [6.45, 7) is 3.71.